The van der Waals surface area contributed by atoms with Crippen molar-refractivity contribution < 1.29 is 23.8 Å². The smallest absolute Gasteiger partial charge is 0.320 e. The molecule has 0 atom stereocenters. The van der Waals surface area contributed by atoms with Crippen LogP contribution in [0.15, 0.2) is 53.0 Å². The van der Waals surface area contributed by atoms with Gasteiger partial charge in [0.1, 0.15) is 11.5 Å². The van der Waals surface area contributed by atoms with Gasteiger partial charge in [-0.15, -0.1) is 0 Å². The number of benzene rings is 2. The molecule has 164 valence electrons. The van der Waals surface area contributed by atoms with Gasteiger partial charge in [0.15, 0.2) is 0 Å². The van der Waals surface area contributed by atoms with Crippen molar-refractivity contribution in [2.24, 2.45) is 0 Å². The number of ether oxygens (including phenoxy) is 1. The molecule has 1 heterocycles. The minimum absolute atomic E-state index is 0.146. The lowest BCUT2D eigenvalue weighted by Crippen LogP contribution is -2.09. The maximum atomic E-state index is 12.2. The maximum absolute atomic E-state index is 12.2. The molecule has 0 unspecified atom stereocenters. The molecule has 0 spiro atoms. The zero-order chi connectivity index (χ0) is 23.4. The molecule has 0 bridgehead atoms. The Hall–Kier alpha value is -3.89. The Morgan fingerprint density at radius 2 is 1.62 bits per heavy atom. The highest BCUT2D eigenvalue weighted by molar-refractivity contribution is 6.35. The largest absolute Gasteiger partial charge is 0.485 e. The molecule has 3 aromatic rings. The standard InChI is InChI=1S/C20H13Cl2N3O7/c1-31-20-16(24(27)28)9-14(10-17(20)25(29)30)23-19(26)5-3-15-2-4-18(32-15)11-6-12(21)8-13(22)7-11/h2-10H,1H3,(H,23,26)/b5-3+. The van der Waals surface area contributed by atoms with Crippen LogP contribution in [0.2, 0.25) is 10.0 Å². The molecule has 0 fully saturated rings. The number of furan rings is 1. The Morgan fingerprint density at radius 1 is 1.03 bits per heavy atom. The van der Waals surface area contributed by atoms with Crippen molar-refractivity contribution in [1.29, 1.82) is 0 Å². The highest BCUT2D eigenvalue weighted by Gasteiger charge is 2.28. The van der Waals surface area contributed by atoms with Gasteiger partial charge in [-0.1, -0.05) is 23.2 Å². The van der Waals surface area contributed by atoms with E-state index in [1.165, 1.54) is 6.08 Å². The molecule has 12 heteroatoms. The molecule has 1 N–H and O–H groups in total. The number of carbonyl (C=O) groups is 1. The minimum Gasteiger partial charge on any atom is -0.485 e. The average molecular weight is 478 g/mol. The second-order valence-corrected chi connectivity index (χ2v) is 7.12. The molecule has 0 aliphatic rings. The number of nitrogens with zero attached hydrogens (tertiary/aromatic N) is 2. The molecule has 1 aromatic heterocycles. The molecule has 1 amide bonds. The zero-order valence-corrected chi connectivity index (χ0v) is 17.7. The van der Waals surface area contributed by atoms with Crippen LogP contribution in [0.1, 0.15) is 5.76 Å². The molecule has 2 aromatic carbocycles. The van der Waals surface area contributed by atoms with Crippen LogP contribution in [0, 0.1) is 20.2 Å². The van der Waals surface area contributed by atoms with Gasteiger partial charge < -0.3 is 14.5 Å². The average Bonchev–Trinajstić information content (AvgIpc) is 3.20. The fourth-order valence-electron chi connectivity index (χ4n) is 2.79. The second-order valence-electron chi connectivity index (χ2n) is 6.24. The normalized spacial score (nSPS) is 10.8. The first-order valence-electron chi connectivity index (χ1n) is 8.74. The van der Waals surface area contributed by atoms with Crippen LogP contribution in [0.25, 0.3) is 17.4 Å². The number of carbonyl (C=O) groups excluding carboxylic acids is 1. The van der Waals surface area contributed by atoms with E-state index < -0.39 is 32.9 Å². The summed E-state index contributed by atoms with van der Waals surface area (Å²) in [4.78, 5) is 33.0. The van der Waals surface area contributed by atoms with Gasteiger partial charge in [0.05, 0.1) is 22.6 Å². The number of nitro groups is 2. The second kappa shape index (κ2) is 9.50. The summed E-state index contributed by atoms with van der Waals surface area (Å²) in [7, 11) is 1.07. The van der Waals surface area contributed by atoms with Gasteiger partial charge >= 0.3 is 11.4 Å². The fraction of sp³-hybridized carbons (Fsp3) is 0.0500. The number of nitro benzene ring substituents is 2. The van der Waals surface area contributed by atoms with Crippen LogP contribution < -0.4 is 10.1 Å². The van der Waals surface area contributed by atoms with Crippen molar-refractivity contribution >= 4 is 52.2 Å². The lowest BCUT2D eigenvalue weighted by atomic mass is 10.2. The van der Waals surface area contributed by atoms with Gasteiger partial charge in [0.25, 0.3) is 5.75 Å². The topological polar surface area (TPSA) is 138 Å². The fourth-order valence-corrected chi connectivity index (χ4v) is 3.31. The van der Waals surface area contributed by atoms with Gasteiger partial charge in [-0.3, -0.25) is 25.0 Å². The molecular formula is C20H13Cl2N3O7. The Labute approximate surface area is 190 Å². The molecule has 0 aliphatic carbocycles. The lowest BCUT2D eigenvalue weighted by molar-refractivity contribution is -0.395. The summed E-state index contributed by atoms with van der Waals surface area (Å²) in [5.74, 6) is -0.408. The Balaban J connectivity index is 1.79. The third-order valence-electron chi connectivity index (χ3n) is 4.09. The summed E-state index contributed by atoms with van der Waals surface area (Å²) < 4.78 is 10.4. The summed E-state index contributed by atoms with van der Waals surface area (Å²) in [6.07, 6.45) is 2.47. The molecule has 32 heavy (non-hydrogen) atoms. The summed E-state index contributed by atoms with van der Waals surface area (Å²) >= 11 is 12.0. The van der Waals surface area contributed by atoms with Gasteiger partial charge in [-0.25, -0.2) is 0 Å². The van der Waals surface area contributed by atoms with Crippen molar-refractivity contribution in [2.75, 3.05) is 12.4 Å². The lowest BCUT2D eigenvalue weighted by Gasteiger charge is -2.06. The number of hydrogen-bond donors (Lipinski definition) is 1. The van der Waals surface area contributed by atoms with E-state index in [0.29, 0.717) is 27.1 Å². The number of nitrogens with one attached hydrogen (secondary N) is 1. The Morgan fingerprint density at radius 3 is 2.16 bits per heavy atom. The number of anilines is 1. The van der Waals surface area contributed by atoms with E-state index >= 15 is 0 Å². The molecule has 0 aliphatic heterocycles. The summed E-state index contributed by atoms with van der Waals surface area (Å²) in [6.45, 7) is 0. The van der Waals surface area contributed by atoms with Gasteiger partial charge in [0.2, 0.25) is 5.91 Å². The highest BCUT2D eigenvalue weighted by atomic mass is 35.5. The quantitative estimate of drug-likeness (QED) is 0.260. The maximum Gasteiger partial charge on any atom is 0.320 e. The van der Waals surface area contributed by atoms with Crippen molar-refractivity contribution in [3.8, 4) is 17.1 Å². The summed E-state index contributed by atoms with van der Waals surface area (Å²) in [6, 6.07) is 10.1. The number of methoxy groups -OCH3 is 1. The summed E-state index contributed by atoms with van der Waals surface area (Å²) in [5, 5.41) is 25.6. The molecule has 10 nitrogen and oxygen atoms in total. The first-order valence-corrected chi connectivity index (χ1v) is 9.49. The van der Waals surface area contributed by atoms with Crippen LogP contribution in [-0.4, -0.2) is 22.9 Å². The molecule has 0 saturated carbocycles. The Kier molecular flexibility index (Phi) is 6.76. The van der Waals surface area contributed by atoms with Gasteiger partial charge in [-0.05, 0) is 36.4 Å². The third-order valence-corrected chi connectivity index (χ3v) is 4.52. The van der Waals surface area contributed by atoms with E-state index in [0.717, 1.165) is 25.3 Å². The van der Waals surface area contributed by atoms with E-state index in [-0.39, 0.29) is 5.69 Å². The highest BCUT2D eigenvalue weighted by Crippen LogP contribution is 2.39. The zero-order valence-electron chi connectivity index (χ0n) is 16.2. The third kappa shape index (κ3) is 5.23. The first kappa shape index (κ1) is 22.8. The molecular weight excluding hydrogens is 465 g/mol. The van der Waals surface area contributed by atoms with Crippen molar-refractivity contribution in [3.63, 3.8) is 0 Å². The van der Waals surface area contributed by atoms with Crippen LogP contribution in [0.5, 0.6) is 5.75 Å². The van der Waals surface area contributed by atoms with Crippen molar-refractivity contribution in [1.82, 2.24) is 0 Å². The predicted octanol–water partition coefficient (Wildman–Crippen LogP) is 5.73. The van der Waals surface area contributed by atoms with E-state index in [1.807, 2.05) is 0 Å². The molecule has 0 radical (unpaired) electrons. The number of amides is 1. The van der Waals surface area contributed by atoms with E-state index in [4.69, 9.17) is 32.4 Å². The monoisotopic (exact) mass is 477 g/mol. The van der Waals surface area contributed by atoms with Crippen molar-refractivity contribution in [3.05, 3.63) is 84.6 Å². The Bertz CT molecular complexity index is 1200. The SMILES string of the molecule is COc1c([N+](=O)[O-])cc(NC(=O)/C=C/c2ccc(-c3cc(Cl)cc(Cl)c3)o2)cc1[N+](=O)[O-]. The van der Waals surface area contributed by atoms with E-state index in [9.17, 15) is 25.0 Å². The summed E-state index contributed by atoms with van der Waals surface area (Å²) in [5.41, 5.74) is -0.814. The minimum atomic E-state index is -0.843. The van der Waals surface area contributed by atoms with Gasteiger partial charge in [-0.2, -0.15) is 0 Å². The van der Waals surface area contributed by atoms with Crippen LogP contribution in [0.3, 0.4) is 0 Å². The van der Waals surface area contributed by atoms with Gasteiger partial charge in [0, 0.05) is 33.8 Å². The first-order chi connectivity index (χ1) is 15.2. The van der Waals surface area contributed by atoms with Crippen LogP contribution in [-0.2, 0) is 4.79 Å². The number of halogens is 2. The van der Waals surface area contributed by atoms with E-state index in [2.05, 4.69) is 5.32 Å². The number of rotatable bonds is 7. The number of hydrogen-bond acceptors (Lipinski definition) is 7. The predicted molar refractivity (Wildman–Crippen MR) is 118 cm³/mol. The molecule has 3 rings (SSSR count). The van der Waals surface area contributed by atoms with Crippen LogP contribution >= 0.6 is 23.2 Å². The molecule has 0 saturated heterocycles. The van der Waals surface area contributed by atoms with Crippen LogP contribution in [0.4, 0.5) is 17.1 Å². The van der Waals surface area contributed by atoms with Crippen molar-refractivity contribution in [2.45, 2.75) is 0 Å². The van der Waals surface area contributed by atoms with E-state index in [1.54, 1.807) is 30.3 Å².